The molecule has 0 aliphatic rings. The van der Waals surface area contributed by atoms with E-state index in [9.17, 15) is 4.79 Å². The van der Waals surface area contributed by atoms with Gasteiger partial charge in [0.15, 0.2) is 0 Å². The minimum atomic E-state index is -0.432. The van der Waals surface area contributed by atoms with E-state index in [0.717, 1.165) is 0 Å². The Balaban J connectivity index is 2.22. The zero-order valence-electron chi connectivity index (χ0n) is 9.60. The number of hydrogen-bond donors (Lipinski definition) is 1. The number of nitrogens with zero attached hydrogens (tertiary/aromatic N) is 3. The van der Waals surface area contributed by atoms with E-state index in [0.29, 0.717) is 11.3 Å². The maximum atomic E-state index is 11.8. The van der Waals surface area contributed by atoms with Crippen LogP contribution in [0.4, 0.5) is 5.95 Å². The van der Waals surface area contributed by atoms with Gasteiger partial charge in [0.2, 0.25) is 11.8 Å². The number of hydrogen-bond acceptors (Lipinski definition) is 6. The lowest BCUT2D eigenvalue weighted by molar-refractivity contribution is 0.102. The van der Waals surface area contributed by atoms with Crippen LogP contribution >= 0.6 is 11.6 Å². The van der Waals surface area contributed by atoms with E-state index in [1.807, 2.05) is 0 Å². The van der Waals surface area contributed by atoms with Gasteiger partial charge in [-0.15, -0.1) is 0 Å². The zero-order valence-corrected chi connectivity index (χ0v) is 10.4. The van der Waals surface area contributed by atoms with Crippen molar-refractivity contribution in [3.63, 3.8) is 0 Å². The molecule has 0 saturated carbocycles. The first-order valence-electron chi connectivity index (χ1n) is 4.91. The Hall–Kier alpha value is -2.15. The number of anilines is 1. The van der Waals surface area contributed by atoms with E-state index < -0.39 is 5.91 Å². The molecule has 18 heavy (non-hydrogen) atoms. The van der Waals surface area contributed by atoms with Gasteiger partial charge in [0.25, 0.3) is 5.91 Å². The van der Waals surface area contributed by atoms with Crippen molar-refractivity contribution in [2.75, 3.05) is 12.4 Å². The number of nitrogens with one attached hydrogen (secondary N) is 1. The molecule has 0 spiro atoms. The molecule has 0 fully saturated rings. The van der Waals surface area contributed by atoms with E-state index in [-0.39, 0.29) is 17.0 Å². The van der Waals surface area contributed by atoms with Crippen LogP contribution in [0.15, 0.2) is 16.8 Å². The Kier molecular flexibility index (Phi) is 3.42. The molecule has 0 saturated heterocycles. The van der Waals surface area contributed by atoms with Gasteiger partial charge >= 0.3 is 0 Å². The fraction of sp³-hybridized carbons (Fsp3) is 0.200. The first-order chi connectivity index (χ1) is 8.60. The number of halogens is 1. The van der Waals surface area contributed by atoms with Gasteiger partial charge in [0.05, 0.1) is 13.3 Å². The molecule has 0 atom stereocenters. The molecule has 0 radical (unpaired) electrons. The van der Waals surface area contributed by atoms with Crippen molar-refractivity contribution in [3.05, 3.63) is 28.7 Å². The second-order valence-electron chi connectivity index (χ2n) is 3.31. The van der Waals surface area contributed by atoms with E-state index in [2.05, 4.69) is 20.4 Å². The Morgan fingerprint density at radius 1 is 1.50 bits per heavy atom. The number of carbonyl (C=O) groups is 1. The predicted molar refractivity (Wildman–Crippen MR) is 62.8 cm³/mol. The van der Waals surface area contributed by atoms with Crippen molar-refractivity contribution in [1.29, 1.82) is 0 Å². The van der Waals surface area contributed by atoms with Gasteiger partial charge in [-0.1, -0.05) is 16.8 Å². The summed E-state index contributed by atoms with van der Waals surface area (Å²) in [7, 11) is 1.44. The molecule has 94 valence electrons. The molecule has 0 aliphatic heterocycles. The maximum Gasteiger partial charge on any atom is 0.263 e. The van der Waals surface area contributed by atoms with Crippen LogP contribution in [-0.2, 0) is 0 Å². The number of aromatic nitrogens is 3. The molecule has 1 amide bonds. The third kappa shape index (κ3) is 2.57. The van der Waals surface area contributed by atoms with Gasteiger partial charge in [-0.3, -0.25) is 10.1 Å². The van der Waals surface area contributed by atoms with E-state index in [1.165, 1.54) is 19.4 Å². The number of rotatable bonds is 3. The summed E-state index contributed by atoms with van der Waals surface area (Å²) in [5.41, 5.74) is 0.303. The molecule has 0 unspecified atom stereocenters. The number of methoxy groups -OCH3 is 1. The number of aryl methyl sites for hydroxylation is 1. The minimum absolute atomic E-state index is 0.0463. The molecular formula is C10H9ClN4O3. The highest BCUT2D eigenvalue weighted by Gasteiger charge is 2.15. The smallest absolute Gasteiger partial charge is 0.263 e. The third-order valence-corrected chi connectivity index (χ3v) is 2.29. The summed E-state index contributed by atoms with van der Waals surface area (Å²) in [6.45, 7) is 1.63. The van der Waals surface area contributed by atoms with Gasteiger partial charge in [0, 0.05) is 6.07 Å². The molecule has 7 nitrogen and oxygen atoms in total. The van der Waals surface area contributed by atoms with Crippen LogP contribution in [0.25, 0.3) is 0 Å². The molecule has 2 rings (SSSR count). The average Bonchev–Trinajstić information content (AvgIpc) is 2.74. The Labute approximate surface area is 107 Å². The van der Waals surface area contributed by atoms with Crippen molar-refractivity contribution in [2.24, 2.45) is 0 Å². The molecular weight excluding hydrogens is 260 g/mol. The molecule has 2 heterocycles. The Morgan fingerprint density at radius 3 is 2.89 bits per heavy atom. The summed E-state index contributed by atoms with van der Waals surface area (Å²) in [4.78, 5) is 19.6. The summed E-state index contributed by atoms with van der Waals surface area (Å²) in [6, 6.07) is 1.43. The maximum absolute atomic E-state index is 11.8. The number of amides is 1. The first kappa shape index (κ1) is 12.3. The van der Waals surface area contributed by atoms with E-state index >= 15 is 0 Å². The van der Waals surface area contributed by atoms with Crippen LogP contribution in [-0.4, -0.2) is 28.1 Å². The summed E-state index contributed by atoms with van der Waals surface area (Å²) in [6.07, 6.45) is 1.31. The van der Waals surface area contributed by atoms with Gasteiger partial charge in [-0.05, 0) is 6.92 Å². The quantitative estimate of drug-likeness (QED) is 0.852. The van der Waals surface area contributed by atoms with Gasteiger partial charge in [0.1, 0.15) is 16.5 Å². The fourth-order valence-corrected chi connectivity index (χ4v) is 1.42. The molecule has 0 bridgehead atoms. The second kappa shape index (κ2) is 5.01. The van der Waals surface area contributed by atoms with Crippen molar-refractivity contribution in [3.8, 4) is 5.88 Å². The molecule has 1 N–H and O–H groups in total. The lowest BCUT2D eigenvalue weighted by Gasteiger charge is -2.04. The molecule has 0 aromatic carbocycles. The van der Waals surface area contributed by atoms with Gasteiger partial charge in [-0.25, -0.2) is 4.98 Å². The van der Waals surface area contributed by atoms with Crippen LogP contribution in [0.2, 0.25) is 5.15 Å². The summed E-state index contributed by atoms with van der Waals surface area (Å²) in [5, 5.41) is 6.15. The van der Waals surface area contributed by atoms with Gasteiger partial charge < -0.3 is 9.26 Å². The SMILES string of the molecule is COc1cc(Cl)nc(NC(=O)c2cnoc2C)n1. The van der Waals surface area contributed by atoms with Crippen LogP contribution in [0.3, 0.4) is 0 Å². The molecule has 2 aromatic rings. The minimum Gasteiger partial charge on any atom is -0.481 e. The lowest BCUT2D eigenvalue weighted by atomic mass is 10.2. The van der Waals surface area contributed by atoms with Crippen LogP contribution < -0.4 is 10.1 Å². The normalized spacial score (nSPS) is 10.2. The topological polar surface area (TPSA) is 90.1 Å². The average molecular weight is 269 g/mol. The zero-order chi connectivity index (χ0) is 13.1. The Morgan fingerprint density at radius 2 is 2.28 bits per heavy atom. The van der Waals surface area contributed by atoms with Crippen LogP contribution in [0.1, 0.15) is 16.1 Å². The molecule has 0 aliphatic carbocycles. The highest BCUT2D eigenvalue weighted by molar-refractivity contribution is 6.29. The first-order valence-corrected chi connectivity index (χ1v) is 5.29. The molecule has 2 aromatic heterocycles. The summed E-state index contributed by atoms with van der Waals surface area (Å²) >= 11 is 5.76. The highest BCUT2D eigenvalue weighted by atomic mass is 35.5. The summed E-state index contributed by atoms with van der Waals surface area (Å²) < 4.78 is 9.70. The van der Waals surface area contributed by atoms with Crippen LogP contribution in [0, 0.1) is 6.92 Å². The highest BCUT2D eigenvalue weighted by Crippen LogP contribution is 2.16. The Bertz CT molecular complexity index is 584. The second-order valence-corrected chi connectivity index (χ2v) is 3.69. The van der Waals surface area contributed by atoms with Crippen molar-refractivity contribution < 1.29 is 14.1 Å². The standard InChI is InChI=1S/C10H9ClN4O3/c1-5-6(4-12-18-5)9(16)15-10-13-7(11)3-8(14-10)17-2/h3-4H,1-2H3,(H,13,14,15,16). The van der Waals surface area contributed by atoms with Gasteiger partial charge in [-0.2, -0.15) is 4.98 Å². The van der Waals surface area contributed by atoms with E-state index in [4.69, 9.17) is 20.9 Å². The monoisotopic (exact) mass is 268 g/mol. The van der Waals surface area contributed by atoms with Crippen molar-refractivity contribution in [1.82, 2.24) is 15.1 Å². The third-order valence-electron chi connectivity index (χ3n) is 2.10. The fourth-order valence-electron chi connectivity index (χ4n) is 1.24. The van der Waals surface area contributed by atoms with E-state index in [1.54, 1.807) is 6.92 Å². The number of ether oxygens (including phenoxy) is 1. The van der Waals surface area contributed by atoms with Crippen molar-refractivity contribution in [2.45, 2.75) is 6.92 Å². The van der Waals surface area contributed by atoms with Crippen molar-refractivity contribution >= 4 is 23.5 Å². The predicted octanol–water partition coefficient (Wildman–Crippen LogP) is 1.69. The van der Waals surface area contributed by atoms with Crippen LogP contribution in [0.5, 0.6) is 5.88 Å². The largest absolute Gasteiger partial charge is 0.481 e. The lowest BCUT2D eigenvalue weighted by Crippen LogP contribution is -2.14. The number of carbonyl (C=O) groups excluding carboxylic acids is 1. The molecule has 8 heteroatoms. The summed E-state index contributed by atoms with van der Waals surface area (Å²) in [5.74, 6) is 0.275.